The predicted octanol–water partition coefficient (Wildman–Crippen LogP) is 3.88. The van der Waals surface area contributed by atoms with Crippen LogP contribution in [0.2, 0.25) is 10.0 Å². The van der Waals surface area contributed by atoms with Crippen LogP contribution < -0.4 is 10.1 Å². The zero-order chi connectivity index (χ0) is 14.8. The Morgan fingerprint density at radius 2 is 1.95 bits per heavy atom. The lowest BCUT2D eigenvalue weighted by Gasteiger charge is -2.08. The van der Waals surface area contributed by atoms with Crippen LogP contribution in [0.15, 0.2) is 24.5 Å². The molecule has 3 rings (SSSR count). The highest BCUT2D eigenvalue weighted by Crippen LogP contribution is 2.30. The number of nitrogens with zero attached hydrogens (tertiary/aromatic N) is 3. The fourth-order valence-corrected chi connectivity index (χ4v) is 2.32. The summed E-state index contributed by atoms with van der Waals surface area (Å²) in [6, 6.07) is 4.95. The number of halogens is 2. The van der Waals surface area contributed by atoms with E-state index in [1.807, 2.05) is 6.92 Å². The van der Waals surface area contributed by atoms with Crippen LogP contribution in [0.1, 0.15) is 6.92 Å². The summed E-state index contributed by atoms with van der Waals surface area (Å²) >= 11 is 11.9. The monoisotopic (exact) mass is 323 g/mol. The smallest absolute Gasteiger partial charge is 0.250 e. The molecule has 0 saturated carbocycles. The average molecular weight is 324 g/mol. The third-order valence-corrected chi connectivity index (χ3v) is 3.07. The van der Waals surface area contributed by atoms with Crippen molar-refractivity contribution in [3.63, 3.8) is 0 Å². The van der Waals surface area contributed by atoms with Crippen molar-refractivity contribution in [1.29, 1.82) is 0 Å². The second-order valence-electron chi connectivity index (χ2n) is 4.19. The fourth-order valence-electron chi connectivity index (χ4n) is 1.82. The zero-order valence-corrected chi connectivity index (χ0v) is 12.5. The Labute approximate surface area is 130 Å². The molecule has 0 aliphatic rings. The van der Waals surface area contributed by atoms with E-state index >= 15 is 0 Å². The number of imidazole rings is 1. The number of aromatic amines is 1. The van der Waals surface area contributed by atoms with Crippen molar-refractivity contribution in [2.75, 3.05) is 11.9 Å². The van der Waals surface area contributed by atoms with Crippen molar-refractivity contribution in [3.05, 3.63) is 34.6 Å². The second-order valence-corrected chi connectivity index (χ2v) is 5.06. The Bertz CT molecular complexity index is 769. The maximum atomic E-state index is 5.96. The molecule has 2 heterocycles. The summed E-state index contributed by atoms with van der Waals surface area (Å²) in [6.07, 6.45) is 1.53. The highest BCUT2D eigenvalue weighted by molar-refractivity contribution is 6.34. The van der Waals surface area contributed by atoms with Crippen LogP contribution >= 0.6 is 23.2 Å². The summed E-state index contributed by atoms with van der Waals surface area (Å²) in [5, 5.41) is 4.00. The van der Waals surface area contributed by atoms with E-state index in [4.69, 9.17) is 27.9 Å². The second kappa shape index (κ2) is 5.75. The van der Waals surface area contributed by atoms with Crippen molar-refractivity contribution in [2.24, 2.45) is 0 Å². The van der Waals surface area contributed by atoms with Crippen LogP contribution in [0.5, 0.6) is 11.6 Å². The number of hydrogen-bond acceptors (Lipinski definition) is 5. The highest BCUT2D eigenvalue weighted by atomic mass is 35.5. The molecular weight excluding hydrogens is 313 g/mol. The molecule has 6 nitrogen and oxygen atoms in total. The molecule has 108 valence electrons. The standard InChI is InChI=1S/C13H11Cl2N5O/c1-2-16-13-19-11-10(17-6-18-11)12(20-13)21-9-4-7(14)3-8(15)5-9/h3-6H,2H2,1H3,(H2,16,17,18,19,20). The number of anilines is 1. The molecule has 0 spiro atoms. The van der Waals surface area contributed by atoms with E-state index in [0.717, 1.165) is 0 Å². The number of H-pyrrole nitrogens is 1. The number of rotatable bonds is 4. The molecule has 0 aliphatic carbocycles. The van der Waals surface area contributed by atoms with Gasteiger partial charge in [-0.05, 0) is 25.1 Å². The average Bonchev–Trinajstić information content (AvgIpc) is 2.86. The first-order valence-corrected chi connectivity index (χ1v) is 7.00. The van der Waals surface area contributed by atoms with Crippen LogP contribution in [0.3, 0.4) is 0 Å². The number of aromatic nitrogens is 4. The fraction of sp³-hybridized carbons (Fsp3) is 0.154. The summed E-state index contributed by atoms with van der Waals surface area (Å²) in [5.74, 6) is 1.29. The quantitative estimate of drug-likeness (QED) is 0.761. The SMILES string of the molecule is CCNc1nc(Oc2cc(Cl)cc(Cl)c2)c2[nH]cnc2n1. The van der Waals surface area contributed by atoms with Crippen LogP contribution in [0, 0.1) is 0 Å². The molecule has 0 bridgehead atoms. The maximum absolute atomic E-state index is 5.96. The number of benzene rings is 1. The topological polar surface area (TPSA) is 75.7 Å². The Kier molecular flexibility index (Phi) is 3.81. The summed E-state index contributed by atoms with van der Waals surface area (Å²) in [6.45, 7) is 2.65. The van der Waals surface area contributed by atoms with Crippen molar-refractivity contribution in [1.82, 2.24) is 19.9 Å². The zero-order valence-electron chi connectivity index (χ0n) is 11.0. The van der Waals surface area contributed by atoms with Gasteiger partial charge in [0, 0.05) is 16.6 Å². The number of nitrogens with one attached hydrogen (secondary N) is 2. The van der Waals surface area contributed by atoms with Gasteiger partial charge in [-0.25, -0.2) is 4.98 Å². The van der Waals surface area contributed by atoms with E-state index in [9.17, 15) is 0 Å². The molecule has 21 heavy (non-hydrogen) atoms. The van der Waals surface area contributed by atoms with Gasteiger partial charge >= 0.3 is 0 Å². The normalized spacial score (nSPS) is 10.8. The third kappa shape index (κ3) is 3.01. The van der Waals surface area contributed by atoms with Gasteiger partial charge in [0.25, 0.3) is 5.88 Å². The van der Waals surface area contributed by atoms with Gasteiger partial charge in [0.15, 0.2) is 5.65 Å². The van der Waals surface area contributed by atoms with Gasteiger partial charge in [-0.3, -0.25) is 0 Å². The lowest BCUT2D eigenvalue weighted by atomic mass is 10.3. The lowest BCUT2D eigenvalue weighted by molar-refractivity contribution is 0.468. The van der Waals surface area contributed by atoms with Crippen molar-refractivity contribution >= 4 is 40.3 Å². The Hall–Kier alpha value is -2.05. The van der Waals surface area contributed by atoms with Gasteiger partial charge in [-0.1, -0.05) is 23.2 Å². The van der Waals surface area contributed by atoms with Gasteiger partial charge in [-0.2, -0.15) is 9.97 Å². The van der Waals surface area contributed by atoms with Crippen molar-refractivity contribution in [2.45, 2.75) is 6.92 Å². The lowest BCUT2D eigenvalue weighted by Crippen LogP contribution is -2.03. The van der Waals surface area contributed by atoms with Crippen molar-refractivity contribution < 1.29 is 4.74 Å². The molecular formula is C13H11Cl2N5O. The Morgan fingerprint density at radius 1 is 1.19 bits per heavy atom. The molecule has 0 fully saturated rings. The van der Waals surface area contributed by atoms with Gasteiger partial charge in [-0.15, -0.1) is 0 Å². The molecule has 2 N–H and O–H groups in total. The van der Waals surface area contributed by atoms with E-state index in [1.165, 1.54) is 6.33 Å². The third-order valence-electron chi connectivity index (χ3n) is 2.64. The van der Waals surface area contributed by atoms with E-state index < -0.39 is 0 Å². The molecule has 0 aliphatic heterocycles. The van der Waals surface area contributed by atoms with Gasteiger partial charge in [0.1, 0.15) is 11.3 Å². The number of fused-ring (bicyclic) bond motifs is 1. The molecule has 1 aromatic carbocycles. The minimum absolute atomic E-state index is 0.354. The number of ether oxygens (including phenoxy) is 1. The first-order valence-electron chi connectivity index (χ1n) is 6.24. The molecule has 0 amide bonds. The van der Waals surface area contributed by atoms with Gasteiger partial charge in [0.05, 0.1) is 6.33 Å². The Morgan fingerprint density at radius 3 is 2.67 bits per heavy atom. The minimum Gasteiger partial charge on any atom is -0.437 e. The highest BCUT2D eigenvalue weighted by Gasteiger charge is 2.12. The van der Waals surface area contributed by atoms with E-state index in [2.05, 4.69) is 25.3 Å². The van der Waals surface area contributed by atoms with E-state index in [-0.39, 0.29) is 0 Å². The van der Waals surface area contributed by atoms with Gasteiger partial charge in [0.2, 0.25) is 5.95 Å². The summed E-state index contributed by atoms with van der Waals surface area (Å²) < 4.78 is 5.77. The molecule has 0 unspecified atom stereocenters. The van der Waals surface area contributed by atoms with Crippen LogP contribution in [0.4, 0.5) is 5.95 Å². The molecule has 3 aromatic rings. The summed E-state index contributed by atoms with van der Waals surface area (Å²) in [7, 11) is 0. The Balaban J connectivity index is 2.04. The molecule has 8 heteroatoms. The maximum Gasteiger partial charge on any atom is 0.250 e. The molecule has 2 aromatic heterocycles. The minimum atomic E-state index is 0.354. The van der Waals surface area contributed by atoms with Gasteiger partial charge < -0.3 is 15.0 Å². The van der Waals surface area contributed by atoms with Crippen LogP contribution in [0.25, 0.3) is 11.2 Å². The first kappa shape index (κ1) is 13.9. The summed E-state index contributed by atoms with van der Waals surface area (Å²) in [4.78, 5) is 15.7. The number of hydrogen-bond donors (Lipinski definition) is 2. The van der Waals surface area contributed by atoms with E-state index in [0.29, 0.717) is 45.3 Å². The molecule has 0 saturated heterocycles. The molecule has 0 atom stereocenters. The van der Waals surface area contributed by atoms with Crippen LogP contribution in [-0.2, 0) is 0 Å². The molecule has 0 radical (unpaired) electrons. The largest absolute Gasteiger partial charge is 0.437 e. The predicted molar refractivity (Wildman–Crippen MR) is 82.4 cm³/mol. The van der Waals surface area contributed by atoms with Crippen LogP contribution in [-0.4, -0.2) is 26.5 Å². The first-order chi connectivity index (χ1) is 10.2. The summed E-state index contributed by atoms with van der Waals surface area (Å²) in [5.41, 5.74) is 1.12. The van der Waals surface area contributed by atoms with Crippen molar-refractivity contribution in [3.8, 4) is 11.6 Å². The van der Waals surface area contributed by atoms with E-state index in [1.54, 1.807) is 18.2 Å².